The summed E-state index contributed by atoms with van der Waals surface area (Å²) in [7, 11) is 1.63. The molecule has 4 aromatic rings. The third kappa shape index (κ3) is 7.25. The van der Waals surface area contributed by atoms with Gasteiger partial charge in [0.1, 0.15) is 53.3 Å². The van der Waals surface area contributed by atoms with E-state index >= 15 is 0 Å². The van der Waals surface area contributed by atoms with Crippen LogP contribution in [-0.4, -0.2) is 52.5 Å². The number of carbonyl (C=O) groups is 3. The van der Waals surface area contributed by atoms with E-state index in [1.54, 1.807) is 25.3 Å². The van der Waals surface area contributed by atoms with E-state index in [2.05, 4.69) is 0 Å². The Morgan fingerprint density at radius 3 is 2.30 bits per heavy atom. The van der Waals surface area contributed by atoms with E-state index in [1.165, 1.54) is 28.8 Å². The largest absolute Gasteiger partial charge is 0.497 e. The van der Waals surface area contributed by atoms with Crippen LogP contribution in [0.4, 0.5) is 0 Å². The second-order valence-electron chi connectivity index (χ2n) is 13.9. The number of hydrogen-bond donors (Lipinski definition) is 1. The summed E-state index contributed by atoms with van der Waals surface area (Å²) in [6.45, 7) is 2.28. The molecule has 1 fully saturated rings. The number of carboxylic acid groups (broad SMARTS) is 1. The quantitative estimate of drug-likeness (QED) is 0.0914. The van der Waals surface area contributed by atoms with Gasteiger partial charge in [-0.2, -0.15) is 0 Å². The first-order chi connectivity index (χ1) is 27.2. The van der Waals surface area contributed by atoms with Gasteiger partial charge in [0.2, 0.25) is 5.91 Å². The normalized spacial score (nSPS) is 16.4. The minimum atomic E-state index is -1.19. The number of carboxylic acids is 1. The summed E-state index contributed by atoms with van der Waals surface area (Å²) in [5.41, 5.74) is 6.42. The third-order valence-corrected chi connectivity index (χ3v) is 11.6. The van der Waals surface area contributed by atoms with Crippen molar-refractivity contribution in [2.24, 2.45) is 5.92 Å². The van der Waals surface area contributed by atoms with Crippen LogP contribution < -0.4 is 19.6 Å². The Balaban J connectivity index is 0.925. The highest BCUT2D eigenvalue weighted by atomic mass is 32.2. The molecule has 4 aromatic carbocycles. The summed E-state index contributed by atoms with van der Waals surface area (Å²) in [6.07, 6.45) is 0.321. The third-order valence-electron chi connectivity index (χ3n) is 10.2. The van der Waals surface area contributed by atoms with Gasteiger partial charge in [0.05, 0.1) is 18.4 Å². The van der Waals surface area contributed by atoms with Gasteiger partial charge in [0.25, 0.3) is 0 Å². The predicted molar refractivity (Wildman–Crippen MR) is 213 cm³/mol. The zero-order valence-corrected chi connectivity index (χ0v) is 31.5. The molecular formula is C45H37NO9S. The molecule has 1 amide bonds. The number of thioether (sulfide) groups is 1. The molecule has 1 saturated heterocycles. The Morgan fingerprint density at radius 1 is 0.821 bits per heavy atom. The molecule has 0 bridgehead atoms. The van der Waals surface area contributed by atoms with Crippen molar-refractivity contribution in [1.82, 2.24) is 4.90 Å². The second-order valence-corrected chi connectivity index (χ2v) is 15.0. The van der Waals surface area contributed by atoms with Crippen molar-refractivity contribution in [3.63, 3.8) is 0 Å². The molecule has 0 radical (unpaired) electrons. The number of aryl methyl sites for hydroxylation is 1. The number of nitrogens with zero attached hydrogens (tertiary/aromatic N) is 1. The Labute approximate surface area is 326 Å². The summed E-state index contributed by atoms with van der Waals surface area (Å²) in [5, 5.41) is 10.6. The smallest absolute Gasteiger partial charge is 0.352 e. The number of β-lactam (4-membered cyclic amide) rings is 1. The van der Waals surface area contributed by atoms with Crippen LogP contribution in [-0.2, 0) is 27.4 Å². The summed E-state index contributed by atoms with van der Waals surface area (Å²) in [4.78, 5) is 51.8. The number of Topliss-reactive ketones (excluding diaryl/α,β-unsaturated/α-hetero) is 1. The molecule has 56 heavy (non-hydrogen) atoms. The molecule has 3 aliphatic heterocycles. The van der Waals surface area contributed by atoms with E-state index in [0.717, 1.165) is 44.5 Å². The van der Waals surface area contributed by atoms with Crippen LogP contribution in [0.3, 0.4) is 0 Å². The molecule has 1 aliphatic carbocycles. The number of benzene rings is 5. The van der Waals surface area contributed by atoms with Crippen molar-refractivity contribution < 1.29 is 38.1 Å². The van der Waals surface area contributed by atoms with E-state index in [0.29, 0.717) is 34.2 Å². The van der Waals surface area contributed by atoms with Gasteiger partial charge < -0.3 is 23.7 Å². The number of amides is 1. The predicted octanol–water partition coefficient (Wildman–Crippen LogP) is 7.91. The molecule has 1 N–H and O–H groups in total. The number of rotatable bonds is 13. The van der Waals surface area contributed by atoms with Crippen molar-refractivity contribution in [3.05, 3.63) is 147 Å². The van der Waals surface area contributed by atoms with Crippen LogP contribution in [0.2, 0.25) is 0 Å². The number of aliphatic carboxylic acids is 1. The number of ketones is 1. The first kappa shape index (κ1) is 36.6. The first-order valence-corrected chi connectivity index (χ1v) is 19.2. The van der Waals surface area contributed by atoms with Gasteiger partial charge >= 0.3 is 5.97 Å². The van der Waals surface area contributed by atoms with Crippen LogP contribution in [0.5, 0.6) is 17.2 Å². The monoisotopic (exact) mass is 767 g/mol. The van der Waals surface area contributed by atoms with Crippen molar-refractivity contribution in [3.8, 4) is 39.7 Å². The highest BCUT2D eigenvalue weighted by Gasteiger charge is 2.53. The van der Waals surface area contributed by atoms with E-state index < -0.39 is 17.3 Å². The summed E-state index contributed by atoms with van der Waals surface area (Å²) in [5.74, 6) is 0.600. The molecule has 0 unspecified atom stereocenters. The molecule has 11 heteroatoms. The number of carbonyl (C=O) groups excluding carboxylic acids is 2. The fourth-order valence-electron chi connectivity index (χ4n) is 7.36. The first-order valence-electron chi connectivity index (χ1n) is 18.1. The zero-order valence-electron chi connectivity index (χ0n) is 30.7. The van der Waals surface area contributed by atoms with Crippen molar-refractivity contribution >= 4 is 40.4 Å². The van der Waals surface area contributed by atoms with E-state index in [9.17, 15) is 24.3 Å². The molecule has 8 rings (SSSR count). The maximum atomic E-state index is 13.1. The van der Waals surface area contributed by atoms with E-state index in [4.69, 9.17) is 18.6 Å². The SMILES string of the molecule is COc1ccc(-c2c3ccc(=O)cc-3oc3cc(OCc4ccc(OCC5=C(C(=O)O)N6C(=O)[C@@H](CC(=O)Cc7ccccc7)[C@H]6SC5)cc4)ccc23)c(C)c1. The standard InChI is InChI=1S/C45H37NO9S/c1-26-18-33(52-2)13-16-35(26)41-36-15-10-30(47)21-39(36)55-40-22-34(14-17-37(40)41)53-23-28-8-11-32(12-9-28)54-24-29-25-56-44-38(43(49)46(44)42(29)45(50)51)20-31(48)19-27-6-4-3-5-7-27/h3-18,21-22,38,44H,19-20,23-25H2,1-2H3,(H,50,51)/t38-,44-/m1/s1. The maximum absolute atomic E-state index is 13.1. The zero-order chi connectivity index (χ0) is 38.9. The van der Waals surface area contributed by atoms with Crippen molar-refractivity contribution in [2.75, 3.05) is 19.5 Å². The van der Waals surface area contributed by atoms with E-state index in [-0.39, 0.29) is 48.9 Å². The Morgan fingerprint density at radius 2 is 1.55 bits per heavy atom. The molecule has 0 spiro atoms. The van der Waals surface area contributed by atoms with Crippen LogP contribution in [0.25, 0.3) is 33.4 Å². The fraction of sp³-hybridized carbons (Fsp3) is 0.200. The summed E-state index contributed by atoms with van der Waals surface area (Å²) in [6, 6.07) is 33.1. The van der Waals surface area contributed by atoms with Gasteiger partial charge in [-0.05, 0) is 77.7 Å². The topological polar surface area (TPSA) is 133 Å². The molecular weight excluding hydrogens is 731 g/mol. The minimum Gasteiger partial charge on any atom is -0.497 e. The lowest BCUT2D eigenvalue weighted by molar-refractivity contribution is -0.154. The van der Waals surface area contributed by atoms with Gasteiger partial charge in [0.15, 0.2) is 5.43 Å². The van der Waals surface area contributed by atoms with Gasteiger partial charge in [-0.25, -0.2) is 4.79 Å². The van der Waals surface area contributed by atoms with Gasteiger partial charge in [-0.1, -0.05) is 48.5 Å². The summed E-state index contributed by atoms with van der Waals surface area (Å²) < 4.78 is 23.8. The number of fused-ring (bicyclic) bond motifs is 3. The molecule has 0 saturated carbocycles. The average Bonchev–Trinajstić information content (AvgIpc) is 3.20. The van der Waals surface area contributed by atoms with Crippen LogP contribution in [0.15, 0.2) is 130 Å². The average molecular weight is 768 g/mol. The van der Waals surface area contributed by atoms with Crippen LogP contribution >= 0.6 is 11.8 Å². The fourth-order valence-corrected chi connectivity index (χ4v) is 8.76. The second kappa shape index (κ2) is 15.4. The molecule has 3 heterocycles. The minimum absolute atomic E-state index is 0.000266. The Kier molecular flexibility index (Phi) is 10.1. The number of methoxy groups -OCH3 is 1. The molecule has 2 atom stereocenters. The van der Waals surface area contributed by atoms with Crippen molar-refractivity contribution in [2.45, 2.75) is 31.7 Å². The molecule has 282 valence electrons. The molecule has 10 nitrogen and oxygen atoms in total. The molecule has 0 aromatic heterocycles. The lowest BCUT2D eigenvalue weighted by Gasteiger charge is -2.49. The summed E-state index contributed by atoms with van der Waals surface area (Å²) >= 11 is 1.46. The van der Waals surface area contributed by atoms with E-state index in [1.807, 2.05) is 85.8 Å². The lowest BCUT2D eigenvalue weighted by atomic mass is 9.89. The van der Waals surface area contributed by atoms with Crippen LogP contribution in [0, 0.1) is 12.8 Å². The Bertz CT molecular complexity index is 2540. The highest BCUT2D eigenvalue weighted by Crippen LogP contribution is 2.46. The number of hydrogen-bond acceptors (Lipinski definition) is 9. The van der Waals surface area contributed by atoms with Crippen molar-refractivity contribution in [1.29, 1.82) is 0 Å². The van der Waals surface area contributed by atoms with Crippen LogP contribution in [0.1, 0.15) is 23.1 Å². The highest BCUT2D eigenvalue weighted by molar-refractivity contribution is 8.00. The van der Waals surface area contributed by atoms with Gasteiger partial charge in [-0.3, -0.25) is 19.3 Å². The maximum Gasteiger partial charge on any atom is 0.352 e. The Hall–Kier alpha value is -6.33. The van der Waals surface area contributed by atoms with Gasteiger partial charge in [0, 0.05) is 52.8 Å². The molecule has 4 aliphatic rings. The number of ether oxygens (including phenoxy) is 3. The lowest BCUT2D eigenvalue weighted by Crippen LogP contribution is -2.62. The van der Waals surface area contributed by atoms with Gasteiger partial charge in [-0.15, -0.1) is 11.8 Å².